The van der Waals surface area contributed by atoms with E-state index in [2.05, 4.69) is 6.58 Å². The fraction of sp³-hybridized carbons (Fsp3) is 0.333. The first-order valence-electron chi connectivity index (χ1n) is 6.32. The largest absolute Gasteiger partial charge is 0.480 e. The van der Waals surface area contributed by atoms with Gasteiger partial charge in [0, 0.05) is 20.1 Å². The summed E-state index contributed by atoms with van der Waals surface area (Å²) in [6, 6.07) is 7.54. The van der Waals surface area contributed by atoms with Crippen LogP contribution in [0.1, 0.15) is 11.1 Å². The molecule has 108 valence electrons. The van der Waals surface area contributed by atoms with Gasteiger partial charge in [0.15, 0.2) is 0 Å². The fourth-order valence-corrected chi connectivity index (χ4v) is 1.81. The number of nitrogens with zero attached hydrogens (tertiary/aromatic N) is 2. The molecule has 0 aliphatic heterocycles. The fourth-order valence-electron chi connectivity index (χ4n) is 1.81. The molecule has 0 heterocycles. The third-order valence-corrected chi connectivity index (χ3v) is 2.81. The average molecular weight is 276 g/mol. The molecule has 0 aromatic heterocycles. The molecule has 1 aromatic rings. The van der Waals surface area contributed by atoms with Gasteiger partial charge in [0.25, 0.3) is 0 Å². The van der Waals surface area contributed by atoms with Crippen LogP contribution in [0, 0.1) is 6.92 Å². The summed E-state index contributed by atoms with van der Waals surface area (Å²) in [4.78, 5) is 25.7. The number of hydrogen-bond acceptors (Lipinski definition) is 2. The number of aliphatic carboxylic acids is 1. The Kier molecular flexibility index (Phi) is 5.77. The van der Waals surface area contributed by atoms with Crippen molar-refractivity contribution < 1.29 is 14.7 Å². The van der Waals surface area contributed by atoms with E-state index < -0.39 is 5.97 Å². The lowest BCUT2D eigenvalue weighted by atomic mass is 10.1. The summed E-state index contributed by atoms with van der Waals surface area (Å²) in [6.45, 7) is 5.85. The number of carbonyl (C=O) groups is 2. The number of urea groups is 1. The minimum absolute atomic E-state index is 0.212. The molecule has 1 aromatic carbocycles. The quantitative estimate of drug-likeness (QED) is 0.810. The highest BCUT2D eigenvalue weighted by Gasteiger charge is 2.19. The highest BCUT2D eigenvalue weighted by Crippen LogP contribution is 2.08. The smallest absolute Gasteiger partial charge is 0.323 e. The van der Waals surface area contributed by atoms with Gasteiger partial charge in [-0.1, -0.05) is 35.9 Å². The molecule has 1 N–H and O–H groups in total. The zero-order valence-electron chi connectivity index (χ0n) is 11.9. The van der Waals surface area contributed by atoms with Crippen molar-refractivity contribution in [3.05, 3.63) is 48.0 Å². The van der Waals surface area contributed by atoms with Crippen LogP contribution in [-0.2, 0) is 11.3 Å². The lowest BCUT2D eigenvalue weighted by molar-refractivity contribution is -0.137. The first kappa shape index (κ1) is 15.8. The molecule has 0 aliphatic rings. The molecule has 0 saturated carbocycles. The Hall–Kier alpha value is -2.30. The summed E-state index contributed by atoms with van der Waals surface area (Å²) in [6.07, 6.45) is 1.51. The van der Waals surface area contributed by atoms with Crippen LogP contribution in [0.2, 0.25) is 0 Å². The van der Waals surface area contributed by atoms with Crippen molar-refractivity contribution in [2.45, 2.75) is 13.5 Å². The molecular weight excluding hydrogens is 256 g/mol. The summed E-state index contributed by atoms with van der Waals surface area (Å²) in [5, 5.41) is 8.81. The Balaban J connectivity index is 2.70. The Morgan fingerprint density at radius 2 is 1.90 bits per heavy atom. The first-order chi connectivity index (χ1) is 9.43. The normalized spacial score (nSPS) is 9.90. The van der Waals surface area contributed by atoms with Gasteiger partial charge in [0.1, 0.15) is 6.54 Å². The first-order valence-corrected chi connectivity index (χ1v) is 6.32. The van der Waals surface area contributed by atoms with Gasteiger partial charge in [0.05, 0.1) is 0 Å². The highest BCUT2D eigenvalue weighted by atomic mass is 16.4. The molecule has 0 bridgehead atoms. The van der Waals surface area contributed by atoms with E-state index in [1.807, 2.05) is 31.2 Å². The number of benzene rings is 1. The second kappa shape index (κ2) is 7.33. The Morgan fingerprint density at radius 3 is 2.40 bits per heavy atom. The van der Waals surface area contributed by atoms with Crippen molar-refractivity contribution >= 4 is 12.0 Å². The standard InChI is InChI=1S/C15H20N2O3/c1-4-9-17(11-14(18)19)15(20)16(3)10-13-7-5-12(2)6-8-13/h4-8H,1,9-11H2,2-3H3,(H,18,19). The lowest BCUT2D eigenvalue weighted by Gasteiger charge is -2.26. The molecule has 0 fully saturated rings. The second-order valence-corrected chi connectivity index (χ2v) is 4.69. The minimum Gasteiger partial charge on any atom is -0.480 e. The molecule has 2 amide bonds. The monoisotopic (exact) mass is 276 g/mol. The van der Waals surface area contributed by atoms with Crippen LogP contribution >= 0.6 is 0 Å². The predicted octanol–water partition coefficient (Wildman–Crippen LogP) is 2.12. The van der Waals surface area contributed by atoms with E-state index in [1.54, 1.807) is 7.05 Å². The van der Waals surface area contributed by atoms with Crippen molar-refractivity contribution in [2.24, 2.45) is 0 Å². The maximum Gasteiger partial charge on any atom is 0.323 e. The number of rotatable bonds is 6. The molecule has 1 rings (SSSR count). The van der Waals surface area contributed by atoms with Crippen molar-refractivity contribution in [1.29, 1.82) is 0 Å². The number of hydrogen-bond donors (Lipinski definition) is 1. The summed E-state index contributed by atoms with van der Waals surface area (Å²) in [7, 11) is 1.65. The van der Waals surface area contributed by atoms with Gasteiger partial charge in [-0.25, -0.2) is 4.79 Å². The van der Waals surface area contributed by atoms with Crippen LogP contribution in [0.5, 0.6) is 0 Å². The Morgan fingerprint density at radius 1 is 1.30 bits per heavy atom. The SMILES string of the molecule is C=CCN(CC(=O)O)C(=O)N(C)Cc1ccc(C)cc1. The van der Waals surface area contributed by atoms with Crippen molar-refractivity contribution in [3.63, 3.8) is 0 Å². The van der Waals surface area contributed by atoms with Gasteiger partial charge in [-0.05, 0) is 12.5 Å². The van der Waals surface area contributed by atoms with Gasteiger partial charge in [-0.2, -0.15) is 0 Å². The molecule has 0 saturated heterocycles. The van der Waals surface area contributed by atoms with Crippen LogP contribution in [-0.4, -0.2) is 47.0 Å². The van der Waals surface area contributed by atoms with E-state index in [9.17, 15) is 9.59 Å². The second-order valence-electron chi connectivity index (χ2n) is 4.69. The van der Waals surface area contributed by atoms with Gasteiger partial charge in [-0.3, -0.25) is 4.79 Å². The predicted molar refractivity (Wildman–Crippen MR) is 77.4 cm³/mol. The van der Waals surface area contributed by atoms with Crippen molar-refractivity contribution in [2.75, 3.05) is 20.1 Å². The van der Waals surface area contributed by atoms with E-state index >= 15 is 0 Å². The minimum atomic E-state index is -1.04. The van der Waals surface area contributed by atoms with Gasteiger partial charge >= 0.3 is 12.0 Å². The molecule has 5 nitrogen and oxygen atoms in total. The Labute approximate surface area is 119 Å². The Bertz CT molecular complexity index is 482. The summed E-state index contributed by atoms with van der Waals surface area (Å²) in [5.74, 6) is -1.04. The van der Waals surface area contributed by atoms with Gasteiger partial charge < -0.3 is 14.9 Å². The molecule has 0 radical (unpaired) electrons. The van der Waals surface area contributed by atoms with Crippen LogP contribution in [0.3, 0.4) is 0 Å². The third-order valence-electron chi connectivity index (χ3n) is 2.81. The maximum atomic E-state index is 12.2. The molecular formula is C15H20N2O3. The van der Waals surface area contributed by atoms with E-state index in [4.69, 9.17) is 5.11 Å². The average Bonchev–Trinajstić information content (AvgIpc) is 2.39. The summed E-state index contributed by atoms with van der Waals surface area (Å²) >= 11 is 0. The lowest BCUT2D eigenvalue weighted by Crippen LogP contribution is -2.43. The molecule has 5 heteroatoms. The number of aryl methyl sites for hydroxylation is 1. The van der Waals surface area contributed by atoms with Crippen molar-refractivity contribution in [3.8, 4) is 0 Å². The molecule has 0 unspecified atom stereocenters. The van der Waals surface area contributed by atoms with E-state index in [0.29, 0.717) is 6.54 Å². The maximum absolute atomic E-state index is 12.2. The van der Waals surface area contributed by atoms with E-state index in [-0.39, 0.29) is 19.1 Å². The zero-order valence-corrected chi connectivity index (χ0v) is 11.9. The van der Waals surface area contributed by atoms with Crippen LogP contribution < -0.4 is 0 Å². The molecule has 0 atom stereocenters. The van der Waals surface area contributed by atoms with E-state index in [1.165, 1.54) is 15.9 Å². The number of amides is 2. The zero-order chi connectivity index (χ0) is 15.1. The van der Waals surface area contributed by atoms with Crippen LogP contribution in [0.15, 0.2) is 36.9 Å². The third kappa shape index (κ3) is 4.76. The number of carbonyl (C=O) groups excluding carboxylic acids is 1. The van der Waals surface area contributed by atoms with Gasteiger partial charge in [0.2, 0.25) is 0 Å². The summed E-state index contributed by atoms with van der Waals surface area (Å²) < 4.78 is 0. The highest BCUT2D eigenvalue weighted by molar-refractivity contribution is 5.80. The van der Waals surface area contributed by atoms with Crippen molar-refractivity contribution in [1.82, 2.24) is 9.80 Å². The van der Waals surface area contributed by atoms with Gasteiger partial charge in [-0.15, -0.1) is 6.58 Å². The van der Waals surface area contributed by atoms with Crippen LogP contribution in [0.4, 0.5) is 4.79 Å². The topological polar surface area (TPSA) is 60.9 Å². The molecule has 0 spiro atoms. The number of carboxylic acid groups (broad SMARTS) is 1. The molecule has 0 aliphatic carbocycles. The van der Waals surface area contributed by atoms with E-state index in [0.717, 1.165) is 11.1 Å². The molecule has 20 heavy (non-hydrogen) atoms. The number of carboxylic acids is 1. The summed E-state index contributed by atoms with van der Waals surface area (Å²) in [5.41, 5.74) is 2.15. The van der Waals surface area contributed by atoms with Crippen LogP contribution in [0.25, 0.3) is 0 Å².